The van der Waals surface area contributed by atoms with Crippen LogP contribution in [0.1, 0.15) is 284 Å². The molecule has 0 spiro atoms. The smallest absolute Gasteiger partial charge is 0.361 e. The Balaban J connectivity index is 3.96. The van der Waals surface area contributed by atoms with Gasteiger partial charge in [0.1, 0.15) is 13.2 Å². The van der Waals surface area contributed by atoms with Crippen LogP contribution in [0.4, 0.5) is 0 Å². The number of carboxylic acids is 1. The maximum atomic E-state index is 12.8. The Hall–Kier alpha value is -3.01. The fraction of sp³-hybridized carbons (Fsp3) is 0.803. The van der Waals surface area contributed by atoms with Crippen molar-refractivity contribution in [3.63, 3.8) is 0 Å². The molecular formula is C66H120NO8+. The van der Waals surface area contributed by atoms with E-state index in [1.807, 2.05) is 33.3 Å². The fourth-order valence-electron chi connectivity index (χ4n) is 8.97. The molecule has 0 saturated heterocycles. The van der Waals surface area contributed by atoms with E-state index in [-0.39, 0.29) is 38.6 Å². The average molecular weight is 1060 g/mol. The lowest BCUT2D eigenvalue weighted by atomic mass is 10.0. The molecule has 0 heterocycles. The predicted octanol–water partition coefficient (Wildman–Crippen LogP) is 18.8. The van der Waals surface area contributed by atoms with Gasteiger partial charge in [-0.25, -0.2) is 4.79 Å². The Kier molecular flexibility index (Phi) is 54.9. The number of esters is 2. The maximum absolute atomic E-state index is 12.8. The largest absolute Gasteiger partial charge is 0.477 e. The lowest BCUT2D eigenvalue weighted by molar-refractivity contribution is -0.870. The molecule has 75 heavy (non-hydrogen) atoms. The van der Waals surface area contributed by atoms with Gasteiger partial charge in [0.25, 0.3) is 6.29 Å². The maximum Gasteiger partial charge on any atom is 0.361 e. The summed E-state index contributed by atoms with van der Waals surface area (Å²) in [5.74, 6) is -2.11. The first-order chi connectivity index (χ1) is 36.6. The number of ether oxygens (including phenoxy) is 4. The molecule has 436 valence electrons. The minimum atomic E-state index is -1.53. The van der Waals surface area contributed by atoms with Gasteiger partial charge in [-0.2, -0.15) is 0 Å². The molecule has 0 bridgehead atoms. The quantitative estimate of drug-likeness (QED) is 0.0211. The minimum Gasteiger partial charge on any atom is -0.477 e. The van der Waals surface area contributed by atoms with Crippen LogP contribution in [0.2, 0.25) is 0 Å². The van der Waals surface area contributed by atoms with Gasteiger partial charge in [-0.15, -0.1) is 0 Å². The highest BCUT2D eigenvalue weighted by Crippen LogP contribution is 2.17. The first-order valence-electron chi connectivity index (χ1n) is 31.5. The number of hydrogen-bond donors (Lipinski definition) is 1. The van der Waals surface area contributed by atoms with Gasteiger partial charge in [0.05, 0.1) is 34.4 Å². The molecule has 0 saturated carbocycles. The van der Waals surface area contributed by atoms with Crippen molar-refractivity contribution in [3.8, 4) is 0 Å². The van der Waals surface area contributed by atoms with Crippen molar-refractivity contribution >= 4 is 17.9 Å². The number of likely N-dealkylation sites (N-methyl/N-ethyl adjacent to an activating group) is 1. The number of aliphatic carboxylic acids is 1. The summed E-state index contributed by atoms with van der Waals surface area (Å²) < 4.78 is 22.7. The summed E-state index contributed by atoms with van der Waals surface area (Å²) >= 11 is 0. The van der Waals surface area contributed by atoms with E-state index >= 15 is 0 Å². The molecule has 0 amide bonds. The molecule has 0 aromatic heterocycles. The molecule has 0 fully saturated rings. The normalized spacial score (nSPS) is 13.1. The van der Waals surface area contributed by atoms with E-state index in [9.17, 15) is 19.5 Å². The molecule has 9 heteroatoms. The standard InChI is InChI=1S/C66H119NO8/c1-6-8-10-12-14-16-18-20-21-22-23-24-25-26-27-28-29-30-31-32-33-34-35-36-37-38-39-40-41-42-43-45-46-48-50-52-54-56-63(68)73-60-62(61-74-66(65(70)71)72-59-58-67(3,4)5)75-64(69)57-55-53-51-49-47-44-19-17-15-13-11-9-7-2/h9,11,15,17,22-23,44,47,51,53,62,66H,6-8,10,12-14,16,18-21,24-43,45-46,48-50,52,54-61H2,1-5H3/p+1/b11-9-,17-15-,23-22-,47-44-,53-51-. The van der Waals surface area contributed by atoms with E-state index < -0.39 is 24.3 Å². The second-order valence-electron chi connectivity index (χ2n) is 22.3. The second kappa shape index (κ2) is 57.2. The number of nitrogens with zero attached hydrogens (tertiary/aromatic N) is 1. The second-order valence-corrected chi connectivity index (χ2v) is 22.3. The topological polar surface area (TPSA) is 108 Å². The Morgan fingerprint density at radius 2 is 0.787 bits per heavy atom. The van der Waals surface area contributed by atoms with Crippen molar-refractivity contribution in [2.45, 2.75) is 296 Å². The van der Waals surface area contributed by atoms with Crippen LogP contribution in [0.15, 0.2) is 60.8 Å². The third-order valence-corrected chi connectivity index (χ3v) is 13.8. The Morgan fingerprint density at radius 3 is 1.19 bits per heavy atom. The highest BCUT2D eigenvalue weighted by atomic mass is 16.7. The highest BCUT2D eigenvalue weighted by molar-refractivity contribution is 5.71. The van der Waals surface area contributed by atoms with Gasteiger partial charge in [0.15, 0.2) is 6.10 Å². The number of carbonyl (C=O) groups excluding carboxylic acids is 2. The van der Waals surface area contributed by atoms with Crippen molar-refractivity contribution in [2.24, 2.45) is 0 Å². The fourth-order valence-corrected chi connectivity index (χ4v) is 8.97. The first-order valence-corrected chi connectivity index (χ1v) is 31.5. The van der Waals surface area contributed by atoms with Gasteiger partial charge in [-0.05, 0) is 64.2 Å². The van der Waals surface area contributed by atoms with Crippen LogP contribution < -0.4 is 0 Å². The predicted molar refractivity (Wildman–Crippen MR) is 318 cm³/mol. The summed E-state index contributed by atoms with van der Waals surface area (Å²) in [4.78, 5) is 37.3. The summed E-state index contributed by atoms with van der Waals surface area (Å²) in [5.41, 5.74) is 0. The molecule has 0 radical (unpaired) electrons. The Labute approximate surface area is 463 Å². The third kappa shape index (κ3) is 58.5. The van der Waals surface area contributed by atoms with Gasteiger partial charge in [-0.1, -0.05) is 267 Å². The highest BCUT2D eigenvalue weighted by Gasteiger charge is 2.25. The number of rotatable bonds is 58. The van der Waals surface area contributed by atoms with E-state index in [2.05, 4.69) is 62.5 Å². The van der Waals surface area contributed by atoms with Crippen LogP contribution in [0.3, 0.4) is 0 Å². The summed E-state index contributed by atoms with van der Waals surface area (Å²) in [5, 5.41) is 9.68. The van der Waals surface area contributed by atoms with E-state index in [1.54, 1.807) is 0 Å². The zero-order valence-corrected chi connectivity index (χ0v) is 49.7. The lowest BCUT2D eigenvalue weighted by Crippen LogP contribution is -2.40. The molecule has 0 aliphatic heterocycles. The molecule has 0 aromatic rings. The average Bonchev–Trinajstić information content (AvgIpc) is 3.38. The minimum absolute atomic E-state index is 0.139. The molecule has 1 N–H and O–H groups in total. The molecule has 0 aliphatic carbocycles. The van der Waals surface area contributed by atoms with Crippen LogP contribution in [0.5, 0.6) is 0 Å². The summed E-state index contributed by atoms with van der Waals surface area (Å²) in [6, 6.07) is 0. The first kappa shape index (κ1) is 72.0. The molecule has 0 rings (SSSR count). The monoisotopic (exact) mass is 1050 g/mol. The summed E-state index contributed by atoms with van der Waals surface area (Å²) in [6.45, 7) is 4.69. The molecule has 0 aliphatic rings. The Bertz CT molecular complexity index is 1410. The van der Waals surface area contributed by atoms with Gasteiger partial charge in [0, 0.05) is 12.8 Å². The molecule has 0 aromatic carbocycles. The third-order valence-electron chi connectivity index (χ3n) is 13.8. The van der Waals surface area contributed by atoms with Crippen LogP contribution in [0, 0.1) is 0 Å². The number of unbranched alkanes of at least 4 members (excludes halogenated alkanes) is 33. The number of hydrogen-bond acceptors (Lipinski definition) is 7. The molecule has 2 atom stereocenters. The zero-order valence-electron chi connectivity index (χ0n) is 49.7. The number of allylic oxidation sites excluding steroid dienone is 10. The van der Waals surface area contributed by atoms with Crippen LogP contribution in [-0.4, -0.2) is 87.4 Å². The van der Waals surface area contributed by atoms with Crippen molar-refractivity contribution < 1.29 is 42.9 Å². The van der Waals surface area contributed by atoms with Gasteiger partial charge in [-0.3, -0.25) is 9.59 Å². The van der Waals surface area contributed by atoms with Crippen molar-refractivity contribution in [1.29, 1.82) is 0 Å². The van der Waals surface area contributed by atoms with Crippen LogP contribution in [0.25, 0.3) is 0 Å². The van der Waals surface area contributed by atoms with Gasteiger partial charge >= 0.3 is 17.9 Å². The van der Waals surface area contributed by atoms with Crippen molar-refractivity contribution in [2.75, 3.05) is 47.5 Å². The van der Waals surface area contributed by atoms with E-state index in [0.717, 1.165) is 44.9 Å². The number of quaternary nitrogens is 1. The van der Waals surface area contributed by atoms with E-state index in [1.165, 1.54) is 205 Å². The van der Waals surface area contributed by atoms with Crippen LogP contribution in [-0.2, 0) is 33.3 Å². The lowest BCUT2D eigenvalue weighted by Gasteiger charge is -2.25. The molecule has 2 unspecified atom stereocenters. The Morgan fingerprint density at radius 1 is 0.413 bits per heavy atom. The number of carboxylic acid groups (broad SMARTS) is 1. The van der Waals surface area contributed by atoms with Gasteiger partial charge < -0.3 is 28.5 Å². The molecular weight excluding hydrogens is 935 g/mol. The molecule has 9 nitrogen and oxygen atoms in total. The number of carbonyl (C=O) groups is 3. The van der Waals surface area contributed by atoms with Crippen molar-refractivity contribution in [3.05, 3.63) is 60.8 Å². The SMILES string of the molecule is CC/C=C\C/C=C\C/C=C\C/C=C\CCC(=O)OC(COC(=O)CCCCCCCCCCCCCCCCCCCCCCCCCCC/C=C\CCCCCCCCCC)COC(OCC[N+](C)(C)C)C(=O)O. The van der Waals surface area contributed by atoms with Crippen LogP contribution >= 0.6 is 0 Å². The summed E-state index contributed by atoms with van der Waals surface area (Å²) in [7, 11) is 5.94. The van der Waals surface area contributed by atoms with Crippen molar-refractivity contribution in [1.82, 2.24) is 0 Å². The summed E-state index contributed by atoms with van der Waals surface area (Å²) in [6.07, 6.45) is 70.9. The van der Waals surface area contributed by atoms with Gasteiger partial charge in [0.2, 0.25) is 0 Å². The zero-order chi connectivity index (χ0) is 54.8. The van der Waals surface area contributed by atoms with E-state index in [4.69, 9.17) is 18.9 Å². The van der Waals surface area contributed by atoms with E-state index in [0.29, 0.717) is 17.4 Å².